The summed E-state index contributed by atoms with van der Waals surface area (Å²) in [5.74, 6) is 1.36. The zero-order valence-corrected chi connectivity index (χ0v) is 16.5. The topological polar surface area (TPSA) is 64.3 Å². The number of ether oxygens (including phenoxy) is 1. The number of anilines is 1. The molecule has 4 aromatic rings. The van der Waals surface area contributed by atoms with Crippen LogP contribution in [0.4, 0.5) is 5.95 Å². The predicted octanol–water partition coefficient (Wildman–Crippen LogP) is 3.31. The molecule has 0 bridgehead atoms. The molecule has 1 aromatic heterocycles. The second kappa shape index (κ2) is 8.37. The van der Waals surface area contributed by atoms with Crippen molar-refractivity contribution in [3.8, 4) is 5.75 Å². The Labute approximate surface area is 170 Å². The van der Waals surface area contributed by atoms with Gasteiger partial charge < -0.3 is 9.84 Å². The van der Waals surface area contributed by atoms with Gasteiger partial charge >= 0.3 is 5.95 Å². The molecule has 0 fully saturated rings. The number of aliphatic hydroxyl groups is 1. The second-order valence-corrected chi connectivity index (χ2v) is 7.31. The van der Waals surface area contributed by atoms with E-state index in [4.69, 9.17) is 10.5 Å². The number of aliphatic hydroxyl groups excluding tert-OH is 1. The van der Waals surface area contributed by atoms with E-state index in [0.29, 0.717) is 19.0 Å². The number of nitrogen functional groups attached to an aromatic ring is 1. The van der Waals surface area contributed by atoms with E-state index in [1.807, 2.05) is 53.1 Å². The molecular formula is C24H26N3O2+. The summed E-state index contributed by atoms with van der Waals surface area (Å²) in [6.07, 6.45) is -0.680. The summed E-state index contributed by atoms with van der Waals surface area (Å²) in [4.78, 5) is 0. The maximum absolute atomic E-state index is 10.6. The molecule has 3 aromatic carbocycles. The van der Waals surface area contributed by atoms with E-state index < -0.39 is 6.10 Å². The summed E-state index contributed by atoms with van der Waals surface area (Å²) in [6, 6.07) is 26.0. The highest BCUT2D eigenvalue weighted by atomic mass is 16.5. The molecule has 4 rings (SSSR count). The van der Waals surface area contributed by atoms with Crippen LogP contribution in [0.25, 0.3) is 11.0 Å². The molecule has 1 unspecified atom stereocenters. The fourth-order valence-corrected chi connectivity index (χ4v) is 3.52. The number of nitrogens with zero attached hydrogens (tertiary/aromatic N) is 2. The largest absolute Gasteiger partial charge is 0.491 e. The summed E-state index contributed by atoms with van der Waals surface area (Å²) < 4.78 is 9.74. The van der Waals surface area contributed by atoms with Gasteiger partial charge in [-0.25, -0.2) is 9.13 Å². The van der Waals surface area contributed by atoms with Gasteiger partial charge in [-0.2, -0.15) is 0 Å². The van der Waals surface area contributed by atoms with Gasteiger partial charge in [-0.1, -0.05) is 60.2 Å². The first kappa shape index (κ1) is 19.0. The summed E-state index contributed by atoms with van der Waals surface area (Å²) in [6.45, 7) is 3.32. The fourth-order valence-electron chi connectivity index (χ4n) is 3.52. The molecular weight excluding hydrogens is 362 g/mol. The first-order valence-electron chi connectivity index (χ1n) is 9.80. The molecule has 0 aliphatic carbocycles. The molecule has 1 atom stereocenters. The van der Waals surface area contributed by atoms with Crippen molar-refractivity contribution < 1.29 is 14.4 Å². The van der Waals surface area contributed by atoms with E-state index in [9.17, 15) is 5.11 Å². The number of imidazole rings is 1. The average Bonchev–Trinajstić information content (AvgIpc) is 3.00. The molecule has 3 N–H and O–H groups in total. The summed E-state index contributed by atoms with van der Waals surface area (Å²) >= 11 is 0. The van der Waals surface area contributed by atoms with Gasteiger partial charge in [0.15, 0.2) is 0 Å². The van der Waals surface area contributed by atoms with Crippen LogP contribution in [0, 0.1) is 6.92 Å². The van der Waals surface area contributed by atoms with Crippen LogP contribution in [-0.2, 0) is 13.1 Å². The van der Waals surface area contributed by atoms with Gasteiger partial charge in [-0.3, -0.25) is 5.73 Å². The first-order valence-corrected chi connectivity index (χ1v) is 9.80. The van der Waals surface area contributed by atoms with Crippen LogP contribution in [-0.4, -0.2) is 22.4 Å². The number of para-hydroxylation sites is 3. The third-order valence-corrected chi connectivity index (χ3v) is 5.06. The summed E-state index contributed by atoms with van der Waals surface area (Å²) in [7, 11) is 0. The van der Waals surface area contributed by atoms with Crippen LogP contribution in [0.5, 0.6) is 5.75 Å². The third kappa shape index (κ3) is 4.25. The third-order valence-electron chi connectivity index (χ3n) is 5.06. The summed E-state index contributed by atoms with van der Waals surface area (Å²) in [5.41, 5.74) is 11.0. The first-order chi connectivity index (χ1) is 14.1. The minimum Gasteiger partial charge on any atom is -0.491 e. The Bertz CT molecular complexity index is 1090. The number of aryl methyl sites for hydroxylation is 1. The highest BCUT2D eigenvalue weighted by molar-refractivity contribution is 5.74. The van der Waals surface area contributed by atoms with E-state index in [-0.39, 0.29) is 6.61 Å². The lowest BCUT2D eigenvalue weighted by Gasteiger charge is -2.12. The smallest absolute Gasteiger partial charge is 0.356 e. The van der Waals surface area contributed by atoms with Crippen molar-refractivity contribution in [3.05, 3.63) is 90.0 Å². The number of hydrogen-bond donors (Lipinski definition) is 2. The van der Waals surface area contributed by atoms with Gasteiger partial charge in [-0.05, 0) is 36.8 Å². The zero-order chi connectivity index (χ0) is 20.2. The molecule has 148 valence electrons. The Morgan fingerprint density at radius 3 is 2.41 bits per heavy atom. The molecule has 0 radical (unpaired) electrons. The molecule has 0 amide bonds. The van der Waals surface area contributed by atoms with Crippen LogP contribution < -0.4 is 15.0 Å². The lowest BCUT2D eigenvalue weighted by molar-refractivity contribution is -0.648. The van der Waals surface area contributed by atoms with Gasteiger partial charge in [0.2, 0.25) is 0 Å². The van der Waals surface area contributed by atoms with Gasteiger partial charge in [-0.15, -0.1) is 0 Å². The van der Waals surface area contributed by atoms with Crippen LogP contribution in [0.2, 0.25) is 0 Å². The number of nitrogens with two attached hydrogens (primary N) is 1. The average molecular weight is 388 g/mol. The van der Waals surface area contributed by atoms with E-state index in [2.05, 4.69) is 41.8 Å². The molecule has 0 spiro atoms. The van der Waals surface area contributed by atoms with Crippen molar-refractivity contribution >= 4 is 17.0 Å². The molecule has 0 aliphatic heterocycles. The van der Waals surface area contributed by atoms with Crippen LogP contribution in [0.1, 0.15) is 11.1 Å². The predicted molar refractivity (Wildman–Crippen MR) is 115 cm³/mol. The van der Waals surface area contributed by atoms with Gasteiger partial charge in [0, 0.05) is 0 Å². The second-order valence-electron chi connectivity index (χ2n) is 7.31. The van der Waals surface area contributed by atoms with Crippen molar-refractivity contribution in [3.63, 3.8) is 0 Å². The SMILES string of the molecule is Cc1ccc(C[n+]2c(N)n(CC(O)COc3ccccc3)c3ccccc32)cc1. The van der Waals surface area contributed by atoms with Gasteiger partial charge in [0.25, 0.3) is 0 Å². The number of aromatic nitrogens is 2. The molecule has 0 aliphatic rings. The van der Waals surface area contributed by atoms with Crippen LogP contribution in [0.3, 0.4) is 0 Å². The van der Waals surface area contributed by atoms with Crippen molar-refractivity contribution in [1.82, 2.24) is 4.57 Å². The number of benzene rings is 3. The van der Waals surface area contributed by atoms with Crippen molar-refractivity contribution in [2.45, 2.75) is 26.1 Å². The molecule has 5 heteroatoms. The lowest BCUT2D eigenvalue weighted by Crippen LogP contribution is -2.37. The lowest BCUT2D eigenvalue weighted by atomic mass is 10.1. The minimum atomic E-state index is -0.680. The number of rotatable bonds is 7. The zero-order valence-electron chi connectivity index (χ0n) is 16.5. The van der Waals surface area contributed by atoms with E-state index in [0.717, 1.165) is 16.8 Å². The normalized spacial score (nSPS) is 12.2. The van der Waals surface area contributed by atoms with Gasteiger partial charge in [0.05, 0.1) is 6.54 Å². The van der Waals surface area contributed by atoms with Crippen molar-refractivity contribution in [1.29, 1.82) is 0 Å². The van der Waals surface area contributed by atoms with Crippen molar-refractivity contribution in [2.75, 3.05) is 12.3 Å². The fraction of sp³-hybridized carbons (Fsp3) is 0.208. The van der Waals surface area contributed by atoms with E-state index >= 15 is 0 Å². The minimum absolute atomic E-state index is 0.202. The maximum atomic E-state index is 10.6. The Hall–Kier alpha value is -3.31. The summed E-state index contributed by atoms with van der Waals surface area (Å²) in [5, 5.41) is 10.6. The van der Waals surface area contributed by atoms with Crippen LogP contribution in [0.15, 0.2) is 78.9 Å². The van der Waals surface area contributed by atoms with E-state index in [1.165, 1.54) is 11.1 Å². The van der Waals surface area contributed by atoms with E-state index in [1.54, 1.807) is 0 Å². The van der Waals surface area contributed by atoms with Crippen LogP contribution >= 0.6 is 0 Å². The molecule has 1 heterocycles. The Morgan fingerprint density at radius 2 is 1.66 bits per heavy atom. The monoisotopic (exact) mass is 388 g/mol. The molecule has 0 saturated heterocycles. The maximum Gasteiger partial charge on any atom is 0.356 e. The molecule has 5 nitrogen and oxygen atoms in total. The van der Waals surface area contributed by atoms with Gasteiger partial charge in [0.1, 0.15) is 36.0 Å². The Balaban J connectivity index is 1.57. The van der Waals surface area contributed by atoms with Crippen molar-refractivity contribution in [2.24, 2.45) is 0 Å². The quantitative estimate of drug-likeness (QED) is 0.478. The number of fused-ring (bicyclic) bond motifs is 1. The number of hydrogen-bond acceptors (Lipinski definition) is 3. The Kier molecular flexibility index (Phi) is 5.49. The highest BCUT2D eigenvalue weighted by Gasteiger charge is 2.23. The molecule has 29 heavy (non-hydrogen) atoms. The standard InChI is InChI=1S/C24H25N3O2/c1-18-11-13-19(14-12-18)15-26-22-9-5-6-10-23(22)27(24(26)25)16-20(28)17-29-21-7-3-2-4-8-21/h2-14,20,25,28H,15-17H2,1H3/p+1. The Morgan fingerprint density at radius 1 is 0.966 bits per heavy atom. The highest BCUT2D eigenvalue weighted by Crippen LogP contribution is 2.18. The molecule has 0 saturated carbocycles.